The van der Waals surface area contributed by atoms with E-state index in [4.69, 9.17) is 13.9 Å². The van der Waals surface area contributed by atoms with Crippen LogP contribution in [0.15, 0.2) is 33.5 Å². The summed E-state index contributed by atoms with van der Waals surface area (Å²) in [5.41, 5.74) is 3.14. The van der Waals surface area contributed by atoms with E-state index in [1.165, 1.54) is 6.07 Å². The van der Waals surface area contributed by atoms with Gasteiger partial charge in [0, 0.05) is 6.07 Å². The number of benzene rings is 2. The van der Waals surface area contributed by atoms with Gasteiger partial charge in [-0.3, -0.25) is 4.79 Å². The molecule has 5 nitrogen and oxygen atoms in total. The highest BCUT2D eigenvalue weighted by Crippen LogP contribution is 2.38. The maximum Gasteiger partial charge on any atom is 0.201 e. The highest BCUT2D eigenvalue weighted by Gasteiger charge is 2.21. The Bertz CT molecular complexity index is 1060. The lowest BCUT2D eigenvalue weighted by molar-refractivity contribution is 0.171. The Labute approximate surface area is 144 Å². The molecule has 0 radical (unpaired) electrons. The molecule has 1 aromatic heterocycles. The number of ether oxygens (including phenoxy) is 2. The van der Waals surface area contributed by atoms with Crippen molar-refractivity contribution in [3.63, 3.8) is 0 Å². The molecule has 0 fully saturated rings. The van der Waals surface area contributed by atoms with Crippen LogP contribution in [0.25, 0.3) is 22.1 Å². The number of phenolic OH excluding ortho intramolecular Hbond substituents is 1. The summed E-state index contributed by atoms with van der Waals surface area (Å²) in [6.07, 6.45) is 0. The van der Waals surface area contributed by atoms with Crippen LogP contribution in [0, 0.1) is 20.8 Å². The van der Waals surface area contributed by atoms with Crippen LogP contribution in [0.1, 0.15) is 16.9 Å². The van der Waals surface area contributed by atoms with E-state index in [9.17, 15) is 9.90 Å². The largest absolute Gasteiger partial charge is 0.508 e. The molecule has 3 aromatic rings. The molecule has 5 heteroatoms. The van der Waals surface area contributed by atoms with Gasteiger partial charge in [-0.05, 0) is 55.7 Å². The van der Waals surface area contributed by atoms with Crippen LogP contribution in [0.5, 0.6) is 17.2 Å². The van der Waals surface area contributed by atoms with Crippen molar-refractivity contribution in [3.05, 3.63) is 51.4 Å². The highest BCUT2D eigenvalue weighted by molar-refractivity contribution is 5.87. The Kier molecular flexibility index (Phi) is 3.46. The average molecular weight is 338 g/mol. The number of hydrogen-bond donors (Lipinski definition) is 1. The van der Waals surface area contributed by atoms with Gasteiger partial charge in [-0.1, -0.05) is 0 Å². The molecule has 128 valence electrons. The third-order valence-corrected chi connectivity index (χ3v) is 4.51. The van der Waals surface area contributed by atoms with Gasteiger partial charge < -0.3 is 19.0 Å². The third-order valence-electron chi connectivity index (χ3n) is 4.51. The van der Waals surface area contributed by atoms with Gasteiger partial charge in [0.05, 0.1) is 10.9 Å². The standard InChI is InChI=1S/C20H18O5/c1-10-7-15-16(24-5-4-23-15)9-14(10)19-12(3)25-17-8-13(21)6-11(2)18(17)20(19)22/h6-9,21H,4-5H2,1-3H3. The average Bonchev–Trinajstić information content (AvgIpc) is 2.54. The van der Waals surface area contributed by atoms with Gasteiger partial charge in [-0.25, -0.2) is 0 Å². The fourth-order valence-corrected chi connectivity index (χ4v) is 3.38. The minimum atomic E-state index is -0.115. The van der Waals surface area contributed by atoms with Crippen molar-refractivity contribution >= 4 is 11.0 Å². The molecule has 0 unspecified atom stereocenters. The molecule has 0 spiro atoms. The lowest BCUT2D eigenvalue weighted by atomic mass is 9.96. The number of phenols is 1. The molecule has 4 rings (SSSR count). The topological polar surface area (TPSA) is 68.9 Å². The van der Waals surface area contributed by atoms with Gasteiger partial charge in [-0.15, -0.1) is 0 Å². The first kappa shape index (κ1) is 15.6. The number of aromatic hydroxyl groups is 1. The van der Waals surface area contributed by atoms with E-state index in [1.54, 1.807) is 19.9 Å². The second-order valence-corrected chi connectivity index (χ2v) is 6.31. The van der Waals surface area contributed by atoms with E-state index in [1.807, 2.05) is 19.1 Å². The van der Waals surface area contributed by atoms with Crippen LogP contribution in [-0.4, -0.2) is 18.3 Å². The van der Waals surface area contributed by atoms with Crippen molar-refractivity contribution in [3.8, 4) is 28.4 Å². The Balaban J connectivity index is 2.03. The predicted octanol–water partition coefficient (Wildman–Crippen LogP) is 3.86. The Hall–Kier alpha value is -2.95. The summed E-state index contributed by atoms with van der Waals surface area (Å²) in [6, 6.07) is 6.76. The number of aryl methyl sites for hydroxylation is 3. The first-order valence-corrected chi connectivity index (χ1v) is 8.13. The molecule has 1 N–H and O–H groups in total. The van der Waals surface area contributed by atoms with Crippen LogP contribution < -0.4 is 14.9 Å². The Morgan fingerprint density at radius 2 is 1.60 bits per heavy atom. The second-order valence-electron chi connectivity index (χ2n) is 6.31. The van der Waals surface area contributed by atoms with Gasteiger partial charge in [0.2, 0.25) is 5.43 Å². The molecule has 0 saturated heterocycles. The fraction of sp³-hybridized carbons (Fsp3) is 0.250. The van der Waals surface area contributed by atoms with Gasteiger partial charge in [-0.2, -0.15) is 0 Å². The maximum atomic E-state index is 13.2. The molecule has 2 aromatic carbocycles. The fourth-order valence-electron chi connectivity index (χ4n) is 3.38. The predicted molar refractivity (Wildman–Crippen MR) is 94.8 cm³/mol. The molecule has 1 aliphatic rings. The van der Waals surface area contributed by atoms with Crippen LogP contribution in [0.3, 0.4) is 0 Å². The maximum absolute atomic E-state index is 13.2. The molecule has 0 atom stereocenters. The quantitative estimate of drug-likeness (QED) is 0.729. The molecule has 1 aliphatic heterocycles. The minimum Gasteiger partial charge on any atom is -0.508 e. The van der Waals surface area contributed by atoms with Crippen LogP contribution >= 0.6 is 0 Å². The van der Waals surface area contributed by atoms with E-state index >= 15 is 0 Å². The lowest BCUT2D eigenvalue weighted by Gasteiger charge is -2.20. The normalized spacial score (nSPS) is 13.2. The van der Waals surface area contributed by atoms with Gasteiger partial charge in [0.1, 0.15) is 30.3 Å². The van der Waals surface area contributed by atoms with Crippen molar-refractivity contribution in [1.82, 2.24) is 0 Å². The van der Waals surface area contributed by atoms with E-state index < -0.39 is 0 Å². The van der Waals surface area contributed by atoms with Crippen LogP contribution in [0.4, 0.5) is 0 Å². The number of fused-ring (bicyclic) bond motifs is 2. The van der Waals surface area contributed by atoms with Crippen molar-refractivity contribution < 1.29 is 19.0 Å². The first-order chi connectivity index (χ1) is 12.0. The zero-order chi connectivity index (χ0) is 17.7. The van der Waals surface area contributed by atoms with Gasteiger partial charge in [0.25, 0.3) is 0 Å². The van der Waals surface area contributed by atoms with Crippen LogP contribution in [-0.2, 0) is 0 Å². The van der Waals surface area contributed by atoms with Gasteiger partial charge in [0.15, 0.2) is 11.5 Å². The van der Waals surface area contributed by atoms with E-state index in [2.05, 4.69) is 0 Å². The molecule has 2 heterocycles. The van der Waals surface area contributed by atoms with Gasteiger partial charge >= 0.3 is 0 Å². The van der Waals surface area contributed by atoms with Crippen molar-refractivity contribution in [2.45, 2.75) is 20.8 Å². The summed E-state index contributed by atoms with van der Waals surface area (Å²) in [5.74, 6) is 1.91. The second kappa shape index (κ2) is 5.55. The smallest absolute Gasteiger partial charge is 0.201 e. The molecule has 0 aliphatic carbocycles. The first-order valence-electron chi connectivity index (χ1n) is 8.13. The zero-order valence-corrected chi connectivity index (χ0v) is 14.3. The highest BCUT2D eigenvalue weighted by atomic mass is 16.6. The summed E-state index contributed by atoms with van der Waals surface area (Å²) < 4.78 is 17.1. The molecule has 0 bridgehead atoms. The lowest BCUT2D eigenvalue weighted by Crippen LogP contribution is -2.16. The van der Waals surface area contributed by atoms with Crippen molar-refractivity contribution in [2.75, 3.05) is 13.2 Å². The molecule has 0 saturated carbocycles. The van der Waals surface area contributed by atoms with Crippen LogP contribution in [0.2, 0.25) is 0 Å². The SMILES string of the molecule is Cc1cc2c(cc1-c1c(C)oc3cc(O)cc(C)c3c1=O)OCCO2. The van der Waals surface area contributed by atoms with E-state index in [0.717, 1.165) is 11.1 Å². The Morgan fingerprint density at radius 1 is 0.920 bits per heavy atom. The van der Waals surface area contributed by atoms with E-state index in [0.29, 0.717) is 52.6 Å². The summed E-state index contributed by atoms with van der Waals surface area (Å²) in [6.45, 7) is 6.48. The molecular weight excluding hydrogens is 320 g/mol. The Morgan fingerprint density at radius 3 is 2.32 bits per heavy atom. The van der Waals surface area contributed by atoms with Crippen molar-refractivity contribution in [2.24, 2.45) is 0 Å². The molecule has 0 amide bonds. The zero-order valence-electron chi connectivity index (χ0n) is 14.3. The minimum absolute atomic E-state index is 0.0795. The monoisotopic (exact) mass is 338 g/mol. The molecular formula is C20H18O5. The third kappa shape index (κ3) is 2.43. The van der Waals surface area contributed by atoms with E-state index in [-0.39, 0.29) is 11.2 Å². The molecule has 25 heavy (non-hydrogen) atoms. The number of rotatable bonds is 1. The number of hydrogen-bond acceptors (Lipinski definition) is 5. The summed E-state index contributed by atoms with van der Waals surface area (Å²) in [7, 11) is 0. The summed E-state index contributed by atoms with van der Waals surface area (Å²) in [5, 5.41) is 10.2. The summed E-state index contributed by atoms with van der Waals surface area (Å²) in [4.78, 5) is 13.2. The summed E-state index contributed by atoms with van der Waals surface area (Å²) >= 11 is 0. The van der Waals surface area contributed by atoms with Crippen molar-refractivity contribution in [1.29, 1.82) is 0 Å².